The lowest BCUT2D eigenvalue weighted by molar-refractivity contribution is -0.132. The van der Waals surface area contributed by atoms with Crippen LogP contribution >= 0.6 is 12.4 Å². The number of rotatable bonds is 3. The zero-order chi connectivity index (χ0) is 9.97. The second-order valence-corrected chi connectivity index (χ2v) is 4.65. The first-order valence-corrected chi connectivity index (χ1v) is 5.74. The number of hydrogen-bond acceptors (Lipinski definition) is 2. The van der Waals surface area contributed by atoms with E-state index in [1.807, 2.05) is 11.9 Å². The normalized spacial score (nSPS) is 25.5. The topological polar surface area (TPSA) is 32.3 Å². The molecule has 2 aliphatic rings. The molecule has 15 heavy (non-hydrogen) atoms. The monoisotopic (exact) mass is 232 g/mol. The molecule has 4 heteroatoms. The molecule has 3 nitrogen and oxygen atoms in total. The van der Waals surface area contributed by atoms with Crippen molar-refractivity contribution in [3.8, 4) is 0 Å². The van der Waals surface area contributed by atoms with Crippen molar-refractivity contribution in [3.05, 3.63) is 0 Å². The number of likely N-dealkylation sites (N-methyl/N-ethyl adjacent to an activating group) is 1. The minimum atomic E-state index is 0. The summed E-state index contributed by atoms with van der Waals surface area (Å²) < 4.78 is 0. The lowest BCUT2D eigenvalue weighted by Crippen LogP contribution is -2.46. The second kappa shape index (κ2) is 5.71. The highest BCUT2D eigenvalue weighted by molar-refractivity contribution is 5.85. The first kappa shape index (κ1) is 12.8. The van der Waals surface area contributed by atoms with E-state index in [9.17, 15) is 4.79 Å². The van der Waals surface area contributed by atoms with Gasteiger partial charge >= 0.3 is 0 Å². The van der Waals surface area contributed by atoms with Crippen molar-refractivity contribution in [2.24, 2.45) is 5.92 Å². The molecule has 1 aliphatic carbocycles. The molecule has 1 atom stereocenters. The van der Waals surface area contributed by atoms with Gasteiger partial charge < -0.3 is 10.2 Å². The van der Waals surface area contributed by atoms with Crippen LogP contribution in [0.4, 0.5) is 0 Å². The molecule has 1 amide bonds. The van der Waals surface area contributed by atoms with Crippen LogP contribution < -0.4 is 5.32 Å². The van der Waals surface area contributed by atoms with Crippen LogP contribution in [0.3, 0.4) is 0 Å². The van der Waals surface area contributed by atoms with E-state index in [-0.39, 0.29) is 12.4 Å². The van der Waals surface area contributed by atoms with Crippen molar-refractivity contribution in [1.82, 2.24) is 10.2 Å². The van der Waals surface area contributed by atoms with Gasteiger partial charge in [0.25, 0.3) is 0 Å². The predicted octanol–water partition coefficient (Wildman–Crippen LogP) is 1.42. The molecule has 0 bridgehead atoms. The van der Waals surface area contributed by atoms with Crippen molar-refractivity contribution in [2.75, 3.05) is 20.1 Å². The smallest absolute Gasteiger partial charge is 0.222 e. The number of piperidine rings is 1. The van der Waals surface area contributed by atoms with Crippen LogP contribution in [0.2, 0.25) is 0 Å². The minimum Gasteiger partial charge on any atom is -0.341 e. The number of amides is 1. The highest BCUT2D eigenvalue weighted by atomic mass is 35.5. The fourth-order valence-corrected chi connectivity index (χ4v) is 2.08. The maximum Gasteiger partial charge on any atom is 0.222 e. The molecule has 0 aromatic rings. The number of nitrogens with one attached hydrogen (secondary N) is 1. The third-order valence-electron chi connectivity index (χ3n) is 3.37. The van der Waals surface area contributed by atoms with E-state index in [1.165, 1.54) is 25.7 Å². The van der Waals surface area contributed by atoms with Crippen LogP contribution in [0.25, 0.3) is 0 Å². The lowest BCUT2D eigenvalue weighted by Gasteiger charge is -2.31. The van der Waals surface area contributed by atoms with E-state index in [0.717, 1.165) is 19.5 Å². The molecule has 0 unspecified atom stereocenters. The Hall–Kier alpha value is -0.280. The molecule has 1 heterocycles. The van der Waals surface area contributed by atoms with Crippen LogP contribution in [-0.2, 0) is 4.79 Å². The van der Waals surface area contributed by atoms with E-state index in [4.69, 9.17) is 0 Å². The molecule has 1 N–H and O–H groups in total. The summed E-state index contributed by atoms with van der Waals surface area (Å²) >= 11 is 0. The summed E-state index contributed by atoms with van der Waals surface area (Å²) in [6, 6.07) is 0.440. The van der Waals surface area contributed by atoms with Crippen molar-refractivity contribution in [1.29, 1.82) is 0 Å². The Morgan fingerprint density at radius 2 is 2.13 bits per heavy atom. The molecule has 2 fully saturated rings. The van der Waals surface area contributed by atoms with Gasteiger partial charge in [0.05, 0.1) is 0 Å². The van der Waals surface area contributed by atoms with Gasteiger partial charge in [0.2, 0.25) is 5.91 Å². The Morgan fingerprint density at radius 3 is 2.67 bits per heavy atom. The average molecular weight is 233 g/mol. The van der Waals surface area contributed by atoms with Crippen LogP contribution in [0.5, 0.6) is 0 Å². The number of hydrogen-bond donors (Lipinski definition) is 1. The Bertz CT molecular complexity index is 213. The van der Waals surface area contributed by atoms with E-state index < -0.39 is 0 Å². The molecule has 0 radical (unpaired) electrons. The minimum absolute atomic E-state index is 0. The fourth-order valence-electron chi connectivity index (χ4n) is 2.08. The average Bonchev–Trinajstić information content (AvgIpc) is 3.02. The summed E-state index contributed by atoms with van der Waals surface area (Å²) in [7, 11) is 1.96. The lowest BCUT2D eigenvalue weighted by atomic mass is 10.1. The SMILES string of the molecule is CN(C(=O)CC1CC1)[C@H]1CCCNC1.Cl. The molecule has 1 aliphatic heterocycles. The summed E-state index contributed by atoms with van der Waals surface area (Å²) in [6.45, 7) is 2.09. The van der Waals surface area contributed by atoms with Crippen molar-refractivity contribution in [3.63, 3.8) is 0 Å². The quantitative estimate of drug-likeness (QED) is 0.798. The zero-order valence-electron chi connectivity index (χ0n) is 9.37. The van der Waals surface area contributed by atoms with Gasteiger partial charge in [0.15, 0.2) is 0 Å². The van der Waals surface area contributed by atoms with Gasteiger partial charge in [-0.2, -0.15) is 0 Å². The van der Waals surface area contributed by atoms with Gasteiger partial charge in [-0.15, -0.1) is 12.4 Å². The summed E-state index contributed by atoms with van der Waals surface area (Å²) in [4.78, 5) is 13.8. The summed E-state index contributed by atoms with van der Waals surface area (Å²) in [5.41, 5.74) is 0. The molecule has 2 rings (SSSR count). The number of nitrogens with zero attached hydrogens (tertiary/aromatic N) is 1. The molecule has 0 spiro atoms. The molecule has 1 saturated heterocycles. The van der Waals surface area contributed by atoms with Crippen LogP contribution in [0.15, 0.2) is 0 Å². The zero-order valence-corrected chi connectivity index (χ0v) is 10.2. The third-order valence-corrected chi connectivity index (χ3v) is 3.37. The number of halogens is 1. The summed E-state index contributed by atoms with van der Waals surface area (Å²) in [6.07, 6.45) is 5.68. The van der Waals surface area contributed by atoms with Gasteiger partial charge in [0, 0.05) is 26.1 Å². The Kier molecular flexibility index (Phi) is 4.87. The first-order chi connectivity index (χ1) is 6.77. The first-order valence-electron chi connectivity index (χ1n) is 5.74. The predicted molar refractivity (Wildman–Crippen MR) is 63.3 cm³/mol. The molecule has 0 aromatic heterocycles. The number of carbonyl (C=O) groups is 1. The third kappa shape index (κ3) is 3.65. The fraction of sp³-hybridized carbons (Fsp3) is 0.909. The maximum atomic E-state index is 11.8. The van der Waals surface area contributed by atoms with E-state index >= 15 is 0 Å². The van der Waals surface area contributed by atoms with Crippen LogP contribution in [0, 0.1) is 5.92 Å². The van der Waals surface area contributed by atoms with Crippen molar-refractivity contribution in [2.45, 2.75) is 38.1 Å². The molecular weight excluding hydrogens is 212 g/mol. The molecule has 88 valence electrons. The van der Waals surface area contributed by atoms with Gasteiger partial charge in [0.1, 0.15) is 0 Å². The van der Waals surface area contributed by atoms with E-state index in [0.29, 0.717) is 17.9 Å². The van der Waals surface area contributed by atoms with Crippen LogP contribution in [-0.4, -0.2) is 37.0 Å². The second-order valence-electron chi connectivity index (χ2n) is 4.65. The summed E-state index contributed by atoms with van der Waals surface area (Å²) in [5.74, 6) is 1.06. The van der Waals surface area contributed by atoms with E-state index in [2.05, 4.69) is 5.32 Å². The molecular formula is C11H21ClN2O. The van der Waals surface area contributed by atoms with Crippen LogP contribution in [0.1, 0.15) is 32.1 Å². The highest BCUT2D eigenvalue weighted by Crippen LogP contribution is 2.33. The largest absolute Gasteiger partial charge is 0.341 e. The van der Waals surface area contributed by atoms with Gasteiger partial charge in [-0.1, -0.05) is 0 Å². The Balaban J connectivity index is 0.00000112. The summed E-state index contributed by atoms with van der Waals surface area (Å²) in [5, 5.41) is 3.35. The number of carbonyl (C=O) groups excluding carboxylic acids is 1. The van der Waals surface area contributed by atoms with Gasteiger partial charge in [-0.3, -0.25) is 4.79 Å². The van der Waals surface area contributed by atoms with Crippen molar-refractivity contribution >= 4 is 18.3 Å². The Morgan fingerprint density at radius 1 is 1.40 bits per heavy atom. The van der Waals surface area contributed by atoms with E-state index in [1.54, 1.807) is 0 Å². The Labute approximate surface area is 98.0 Å². The standard InChI is InChI=1S/C11H20N2O.ClH/c1-13(10-3-2-6-12-8-10)11(14)7-9-4-5-9;/h9-10,12H,2-8H2,1H3;1H/t10-;/m0./s1. The van der Waals surface area contributed by atoms with Gasteiger partial charge in [-0.05, 0) is 38.1 Å². The molecule has 0 aromatic carbocycles. The highest BCUT2D eigenvalue weighted by Gasteiger charge is 2.28. The van der Waals surface area contributed by atoms with Gasteiger partial charge in [-0.25, -0.2) is 0 Å². The maximum absolute atomic E-state index is 11.8. The molecule has 1 saturated carbocycles. The van der Waals surface area contributed by atoms with Crippen molar-refractivity contribution < 1.29 is 4.79 Å².